The van der Waals surface area contributed by atoms with E-state index in [1.54, 1.807) is 10.9 Å². The summed E-state index contributed by atoms with van der Waals surface area (Å²) in [6, 6.07) is 0. The van der Waals surface area contributed by atoms with Crippen molar-refractivity contribution in [2.45, 2.75) is 51.6 Å². The largest absolute Gasteiger partial charge is 0.369 e. The summed E-state index contributed by atoms with van der Waals surface area (Å²) in [6.45, 7) is 7.69. The van der Waals surface area contributed by atoms with Gasteiger partial charge in [-0.3, -0.25) is 4.68 Å². The molecule has 3 aromatic heterocycles. The van der Waals surface area contributed by atoms with E-state index in [9.17, 15) is 0 Å². The molecule has 4 rings (SSSR count). The monoisotopic (exact) mass is 371 g/mol. The Morgan fingerprint density at radius 1 is 1.26 bits per heavy atom. The van der Waals surface area contributed by atoms with Crippen molar-refractivity contribution >= 4 is 16.9 Å². The molecule has 1 aliphatic rings. The van der Waals surface area contributed by atoms with Crippen LogP contribution in [-0.2, 0) is 23.6 Å². The van der Waals surface area contributed by atoms with E-state index in [1.807, 2.05) is 7.05 Å². The smallest absolute Gasteiger partial charge is 0.255 e. The van der Waals surface area contributed by atoms with E-state index >= 15 is 0 Å². The van der Waals surface area contributed by atoms with Gasteiger partial charge in [0.2, 0.25) is 0 Å². The highest BCUT2D eigenvalue weighted by atomic mass is 16.5. The van der Waals surface area contributed by atoms with E-state index in [1.165, 1.54) is 0 Å². The zero-order valence-corrected chi connectivity index (χ0v) is 16.2. The molecule has 4 heterocycles. The molecule has 1 atom stereocenters. The molecule has 0 saturated carbocycles. The fourth-order valence-electron chi connectivity index (χ4n) is 3.06. The van der Waals surface area contributed by atoms with Crippen molar-refractivity contribution in [2.24, 2.45) is 7.05 Å². The Labute approximate surface area is 157 Å². The summed E-state index contributed by atoms with van der Waals surface area (Å²) in [5.74, 6) is 2.80. The first-order chi connectivity index (χ1) is 12.9. The second-order valence-corrected chi connectivity index (χ2v) is 7.88. The highest BCUT2D eigenvalue weighted by Gasteiger charge is 2.24. The first-order valence-corrected chi connectivity index (χ1v) is 9.30. The van der Waals surface area contributed by atoms with Crippen molar-refractivity contribution in [1.82, 2.24) is 29.9 Å². The third-order valence-electron chi connectivity index (χ3n) is 4.59. The molecule has 9 nitrogen and oxygen atoms in total. The molecule has 0 radical (unpaired) electrons. The van der Waals surface area contributed by atoms with Crippen molar-refractivity contribution in [3.8, 4) is 0 Å². The van der Waals surface area contributed by atoms with Crippen molar-refractivity contribution in [2.75, 3.05) is 18.5 Å². The van der Waals surface area contributed by atoms with E-state index in [0.29, 0.717) is 24.7 Å². The quantitative estimate of drug-likeness (QED) is 0.730. The molecule has 3 aromatic rings. The summed E-state index contributed by atoms with van der Waals surface area (Å²) < 4.78 is 12.7. The number of nitrogens with one attached hydrogen (secondary N) is 1. The lowest BCUT2D eigenvalue weighted by Crippen LogP contribution is -2.18. The summed E-state index contributed by atoms with van der Waals surface area (Å²) in [7, 11) is 1.89. The molecule has 1 aliphatic heterocycles. The molecule has 0 spiro atoms. The standard InChI is InChI=1S/C18H25N7O2/c1-18(2,3)17-22-14(11-10-20-25(4)15(11)23-17)19-8-7-13-21-16(27-24-13)12-6-5-9-26-12/h10,12H,5-9H2,1-4H3,(H,19,22,23). The average molecular weight is 371 g/mol. The Morgan fingerprint density at radius 2 is 2.11 bits per heavy atom. The van der Waals surface area contributed by atoms with Gasteiger partial charge in [0, 0.05) is 32.0 Å². The van der Waals surface area contributed by atoms with Gasteiger partial charge in [-0.05, 0) is 12.8 Å². The summed E-state index contributed by atoms with van der Waals surface area (Å²) >= 11 is 0. The molecule has 0 aromatic carbocycles. The molecule has 1 N–H and O–H groups in total. The number of aromatic nitrogens is 6. The fourth-order valence-corrected chi connectivity index (χ4v) is 3.06. The van der Waals surface area contributed by atoms with Crippen LogP contribution in [0.15, 0.2) is 10.7 Å². The van der Waals surface area contributed by atoms with E-state index < -0.39 is 0 Å². The van der Waals surface area contributed by atoms with Crippen molar-refractivity contribution in [3.63, 3.8) is 0 Å². The fraction of sp³-hybridized carbons (Fsp3) is 0.611. The van der Waals surface area contributed by atoms with Gasteiger partial charge in [-0.25, -0.2) is 9.97 Å². The maximum absolute atomic E-state index is 5.58. The van der Waals surface area contributed by atoms with Gasteiger partial charge in [-0.1, -0.05) is 25.9 Å². The minimum absolute atomic E-state index is 0.0505. The first kappa shape index (κ1) is 17.8. The Kier molecular flexibility index (Phi) is 4.55. The lowest BCUT2D eigenvalue weighted by molar-refractivity contribution is 0.0835. The summed E-state index contributed by atoms with van der Waals surface area (Å²) in [4.78, 5) is 13.9. The maximum Gasteiger partial charge on any atom is 0.255 e. The van der Waals surface area contributed by atoms with Gasteiger partial charge in [0.15, 0.2) is 11.5 Å². The SMILES string of the molecule is Cn1ncc2c(NCCc3noc(C4CCCO4)n3)nc(C(C)(C)C)nc21. The van der Waals surface area contributed by atoms with Gasteiger partial charge in [0.05, 0.1) is 11.6 Å². The van der Waals surface area contributed by atoms with Gasteiger partial charge in [-0.15, -0.1) is 0 Å². The number of hydrogen-bond acceptors (Lipinski definition) is 8. The third kappa shape index (κ3) is 3.64. The summed E-state index contributed by atoms with van der Waals surface area (Å²) in [5.41, 5.74) is 0.663. The van der Waals surface area contributed by atoms with Crippen LogP contribution in [-0.4, -0.2) is 43.0 Å². The molecule has 1 saturated heterocycles. The summed E-state index contributed by atoms with van der Waals surface area (Å²) in [5, 5.41) is 12.7. The first-order valence-electron chi connectivity index (χ1n) is 9.30. The van der Waals surface area contributed by atoms with E-state index in [4.69, 9.17) is 14.2 Å². The van der Waals surface area contributed by atoms with Crippen LogP contribution in [0.25, 0.3) is 11.0 Å². The van der Waals surface area contributed by atoms with Gasteiger partial charge in [0.1, 0.15) is 17.7 Å². The number of hydrogen-bond donors (Lipinski definition) is 1. The molecule has 0 bridgehead atoms. The van der Waals surface area contributed by atoms with E-state index in [0.717, 1.165) is 42.1 Å². The molecule has 0 amide bonds. The maximum atomic E-state index is 5.58. The topological polar surface area (TPSA) is 104 Å². The number of nitrogens with zero attached hydrogens (tertiary/aromatic N) is 6. The Hall–Kier alpha value is -2.55. The average Bonchev–Trinajstić information content (AvgIpc) is 3.35. The third-order valence-corrected chi connectivity index (χ3v) is 4.59. The second-order valence-electron chi connectivity index (χ2n) is 7.88. The zero-order chi connectivity index (χ0) is 19.0. The molecule has 9 heteroatoms. The lowest BCUT2D eigenvalue weighted by Gasteiger charge is -2.18. The van der Waals surface area contributed by atoms with Crippen LogP contribution in [0, 0.1) is 0 Å². The van der Waals surface area contributed by atoms with Crippen LogP contribution in [0.2, 0.25) is 0 Å². The molecule has 1 fully saturated rings. The van der Waals surface area contributed by atoms with Gasteiger partial charge < -0.3 is 14.6 Å². The number of fused-ring (bicyclic) bond motifs is 1. The molecule has 1 unspecified atom stereocenters. The number of anilines is 1. The molecular weight excluding hydrogens is 346 g/mol. The predicted molar refractivity (Wildman–Crippen MR) is 99.4 cm³/mol. The number of rotatable bonds is 5. The number of aryl methyl sites for hydroxylation is 1. The zero-order valence-electron chi connectivity index (χ0n) is 16.2. The van der Waals surface area contributed by atoms with Gasteiger partial charge in [-0.2, -0.15) is 10.1 Å². The van der Waals surface area contributed by atoms with Crippen LogP contribution in [0.4, 0.5) is 5.82 Å². The molecular formula is C18H25N7O2. The summed E-state index contributed by atoms with van der Waals surface area (Å²) in [6.07, 6.45) is 4.34. The second kappa shape index (κ2) is 6.88. The Balaban J connectivity index is 1.48. The minimum Gasteiger partial charge on any atom is -0.369 e. The normalized spacial score (nSPS) is 17.7. The van der Waals surface area contributed by atoms with Crippen molar-refractivity contribution < 1.29 is 9.26 Å². The minimum atomic E-state index is -0.154. The highest BCUT2D eigenvalue weighted by molar-refractivity contribution is 5.86. The molecule has 144 valence electrons. The van der Waals surface area contributed by atoms with E-state index in [-0.39, 0.29) is 11.5 Å². The highest BCUT2D eigenvalue weighted by Crippen LogP contribution is 2.27. The van der Waals surface area contributed by atoms with Crippen LogP contribution in [0.5, 0.6) is 0 Å². The Bertz CT molecular complexity index is 935. The van der Waals surface area contributed by atoms with Crippen molar-refractivity contribution in [3.05, 3.63) is 23.7 Å². The van der Waals surface area contributed by atoms with Crippen LogP contribution < -0.4 is 5.32 Å². The van der Waals surface area contributed by atoms with Gasteiger partial charge >= 0.3 is 0 Å². The number of ether oxygens (including phenoxy) is 1. The van der Waals surface area contributed by atoms with E-state index in [2.05, 4.69) is 46.3 Å². The lowest BCUT2D eigenvalue weighted by atomic mass is 9.95. The van der Waals surface area contributed by atoms with Crippen LogP contribution in [0.3, 0.4) is 0 Å². The van der Waals surface area contributed by atoms with Gasteiger partial charge in [0.25, 0.3) is 5.89 Å². The Morgan fingerprint density at radius 3 is 2.85 bits per heavy atom. The van der Waals surface area contributed by atoms with Crippen molar-refractivity contribution in [1.29, 1.82) is 0 Å². The van der Waals surface area contributed by atoms with Crippen LogP contribution in [0.1, 0.15) is 57.3 Å². The molecule has 27 heavy (non-hydrogen) atoms. The molecule has 0 aliphatic carbocycles. The predicted octanol–water partition coefficient (Wildman–Crippen LogP) is 2.55. The van der Waals surface area contributed by atoms with Crippen LogP contribution >= 0.6 is 0 Å².